The van der Waals surface area contributed by atoms with Crippen LogP contribution in [0.3, 0.4) is 0 Å². The zero-order valence-corrected chi connectivity index (χ0v) is 28.6. The van der Waals surface area contributed by atoms with Crippen molar-refractivity contribution < 1.29 is 4.74 Å². The minimum absolute atomic E-state index is 0.483. The molecule has 242 valence electrons. The van der Waals surface area contributed by atoms with Crippen LogP contribution in [0.2, 0.25) is 0 Å². The van der Waals surface area contributed by atoms with Crippen LogP contribution in [0.1, 0.15) is 81.9 Å². The van der Waals surface area contributed by atoms with Crippen molar-refractivity contribution in [1.29, 1.82) is 0 Å². The van der Waals surface area contributed by atoms with Crippen LogP contribution in [0.4, 0.5) is 0 Å². The molecule has 7 rings (SSSR count). The second-order valence-electron chi connectivity index (χ2n) is 13.2. The van der Waals surface area contributed by atoms with Crippen molar-refractivity contribution >= 4 is 21.8 Å². The molecule has 0 bridgehead atoms. The summed E-state index contributed by atoms with van der Waals surface area (Å²) in [5.41, 5.74) is 9.67. The summed E-state index contributed by atoms with van der Waals surface area (Å²) in [6.07, 6.45) is 10.7. The van der Waals surface area contributed by atoms with Gasteiger partial charge in [0.15, 0.2) is 0 Å². The smallest absolute Gasteiger partial charge is 0.137 e. The number of hydrogen-bond acceptors (Lipinski definition) is 3. The summed E-state index contributed by atoms with van der Waals surface area (Å²) in [6.45, 7) is 11.4. The molecule has 0 N–H and O–H groups in total. The van der Waals surface area contributed by atoms with E-state index in [9.17, 15) is 0 Å². The maximum absolute atomic E-state index is 6.53. The number of aryl methyl sites for hydroxylation is 1. The van der Waals surface area contributed by atoms with E-state index in [1.807, 2.05) is 35.3 Å². The van der Waals surface area contributed by atoms with Gasteiger partial charge in [-0.05, 0) is 96.3 Å². The number of rotatable bonds is 11. The van der Waals surface area contributed by atoms with Crippen molar-refractivity contribution in [1.82, 2.24) is 19.3 Å². The third-order valence-electron chi connectivity index (χ3n) is 9.60. The Labute approximate surface area is 283 Å². The van der Waals surface area contributed by atoms with Crippen LogP contribution in [-0.2, 0) is 0 Å². The van der Waals surface area contributed by atoms with Gasteiger partial charge in [-0.25, -0.2) is 9.67 Å². The lowest BCUT2D eigenvalue weighted by atomic mass is 9.82. The van der Waals surface area contributed by atoms with Crippen molar-refractivity contribution in [2.75, 3.05) is 0 Å². The summed E-state index contributed by atoms with van der Waals surface area (Å²) < 4.78 is 10.7. The number of nitrogens with zero attached hydrogens (tertiary/aromatic N) is 4. The molecule has 0 aliphatic carbocycles. The molecule has 4 aromatic carbocycles. The first kappa shape index (κ1) is 31.4. The van der Waals surface area contributed by atoms with Crippen molar-refractivity contribution in [3.05, 3.63) is 132 Å². The fourth-order valence-corrected chi connectivity index (χ4v) is 7.24. The van der Waals surface area contributed by atoms with Crippen LogP contribution < -0.4 is 4.74 Å². The third kappa shape index (κ3) is 6.01. The Morgan fingerprint density at radius 2 is 1.42 bits per heavy atom. The molecule has 3 aromatic heterocycles. The van der Waals surface area contributed by atoms with Gasteiger partial charge in [0.25, 0.3) is 0 Å². The second kappa shape index (κ2) is 13.5. The van der Waals surface area contributed by atoms with Crippen molar-refractivity contribution in [3.8, 4) is 34.1 Å². The van der Waals surface area contributed by atoms with Crippen molar-refractivity contribution in [2.24, 2.45) is 0 Å². The van der Waals surface area contributed by atoms with E-state index in [4.69, 9.17) is 14.8 Å². The van der Waals surface area contributed by atoms with Crippen LogP contribution in [0, 0.1) is 6.92 Å². The first-order valence-corrected chi connectivity index (χ1v) is 17.4. The highest BCUT2D eigenvalue weighted by Gasteiger charge is 2.20. The summed E-state index contributed by atoms with van der Waals surface area (Å²) in [5.74, 6) is 3.39. The minimum Gasteiger partial charge on any atom is -0.457 e. The third-order valence-corrected chi connectivity index (χ3v) is 9.60. The molecule has 0 radical (unpaired) electrons. The second-order valence-corrected chi connectivity index (χ2v) is 13.2. The first-order chi connectivity index (χ1) is 23.4. The number of benzene rings is 4. The van der Waals surface area contributed by atoms with Gasteiger partial charge in [0.2, 0.25) is 0 Å². The molecule has 0 saturated heterocycles. The van der Waals surface area contributed by atoms with Crippen molar-refractivity contribution in [2.45, 2.75) is 72.1 Å². The predicted octanol–water partition coefficient (Wildman–Crippen LogP) is 11.9. The lowest BCUT2D eigenvalue weighted by Gasteiger charge is -2.22. The highest BCUT2D eigenvalue weighted by molar-refractivity contribution is 6.09. The van der Waals surface area contributed by atoms with E-state index in [1.165, 1.54) is 64.3 Å². The predicted molar refractivity (Wildman–Crippen MR) is 199 cm³/mol. The Morgan fingerprint density at radius 3 is 2.17 bits per heavy atom. The average molecular weight is 633 g/mol. The van der Waals surface area contributed by atoms with Crippen molar-refractivity contribution in [3.63, 3.8) is 0 Å². The summed E-state index contributed by atoms with van der Waals surface area (Å²) in [6, 6.07) is 34.0. The average Bonchev–Trinajstić information content (AvgIpc) is 3.71. The van der Waals surface area contributed by atoms with E-state index in [-0.39, 0.29) is 0 Å². The number of aromatic nitrogens is 4. The molecule has 0 aliphatic rings. The van der Waals surface area contributed by atoms with Gasteiger partial charge in [-0.2, -0.15) is 5.10 Å². The summed E-state index contributed by atoms with van der Waals surface area (Å²) >= 11 is 0. The minimum atomic E-state index is 0.483. The number of hydrogen-bond donors (Lipinski definition) is 0. The lowest BCUT2D eigenvalue weighted by molar-refractivity contribution is 0.483. The van der Waals surface area contributed by atoms with E-state index in [0.29, 0.717) is 11.8 Å². The Hall–Kier alpha value is -5.16. The Morgan fingerprint density at radius 1 is 0.708 bits per heavy atom. The van der Waals surface area contributed by atoms with Crippen LogP contribution in [0.25, 0.3) is 44.4 Å². The van der Waals surface area contributed by atoms with E-state index in [0.717, 1.165) is 34.0 Å². The normalized spacial score (nSPS) is 12.9. The van der Waals surface area contributed by atoms with E-state index in [1.54, 1.807) is 0 Å². The quantitative estimate of drug-likeness (QED) is 0.142. The molecule has 3 heterocycles. The molecule has 2 unspecified atom stereocenters. The van der Waals surface area contributed by atoms with E-state index in [2.05, 4.69) is 124 Å². The number of fused-ring (bicyclic) bond motifs is 3. The summed E-state index contributed by atoms with van der Waals surface area (Å²) in [7, 11) is 0. The molecular weight excluding hydrogens is 589 g/mol. The molecule has 0 fully saturated rings. The molecule has 0 amide bonds. The fourth-order valence-electron chi connectivity index (χ4n) is 7.24. The topological polar surface area (TPSA) is 44.9 Å². The van der Waals surface area contributed by atoms with Gasteiger partial charge in [-0.1, -0.05) is 83.0 Å². The number of ether oxygens (including phenoxy) is 1. The maximum Gasteiger partial charge on any atom is 0.137 e. The zero-order valence-electron chi connectivity index (χ0n) is 28.6. The van der Waals surface area contributed by atoms with Crippen LogP contribution >= 0.6 is 0 Å². The summed E-state index contributed by atoms with van der Waals surface area (Å²) in [4.78, 5) is 4.73. The van der Waals surface area contributed by atoms with Gasteiger partial charge in [-0.3, -0.25) is 4.57 Å². The van der Waals surface area contributed by atoms with Crippen LogP contribution in [0.5, 0.6) is 11.5 Å². The fraction of sp³-hybridized carbons (Fsp3) is 0.256. The van der Waals surface area contributed by atoms with E-state index < -0.39 is 0 Å². The van der Waals surface area contributed by atoms with E-state index >= 15 is 0 Å². The molecule has 0 aliphatic heterocycles. The Balaban J connectivity index is 1.23. The van der Waals surface area contributed by atoms with Gasteiger partial charge in [0, 0.05) is 40.9 Å². The Kier molecular flexibility index (Phi) is 8.86. The van der Waals surface area contributed by atoms with Gasteiger partial charge in [0.05, 0.1) is 22.9 Å². The summed E-state index contributed by atoms with van der Waals surface area (Å²) in [5, 5.41) is 7.23. The largest absolute Gasteiger partial charge is 0.457 e. The highest BCUT2D eigenvalue weighted by atomic mass is 16.5. The standard InChI is InChI=1S/C43H44N4O/c1-6-12-30(4)36-17-11-18-37(31(5)13-7-2)43(36)32-27-45-46(28-32)33-14-10-15-34(25-33)48-35-20-21-39-38-16-8-9-19-40(38)47(41(39)26-35)42-24-29(3)22-23-44-42/h8-11,14-28,30-31H,6-7,12-13H2,1-5H3. The van der Waals surface area contributed by atoms with Crippen LogP contribution in [-0.4, -0.2) is 19.3 Å². The van der Waals surface area contributed by atoms with Gasteiger partial charge < -0.3 is 4.74 Å². The monoisotopic (exact) mass is 632 g/mol. The van der Waals surface area contributed by atoms with Gasteiger partial charge >= 0.3 is 0 Å². The maximum atomic E-state index is 6.53. The molecule has 0 spiro atoms. The van der Waals surface area contributed by atoms with Crippen LogP contribution in [0.15, 0.2) is 116 Å². The number of pyridine rings is 1. The number of para-hydroxylation sites is 1. The lowest BCUT2D eigenvalue weighted by Crippen LogP contribution is -2.03. The zero-order chi connectivity index (χ0) is 33.2. The molecule has 5 heteroatoms. The first-order valence-electron chi connectivity index (χ1n) is 17.4. The molecule has 0 saturated carbocycles. The van der Waals surface area contributed by atoms with Gasteiger partial charge in [-0.15, -0.1) is 0 Å². The SMILES string of the molecule is CCCC(C)c1cccc(C(C)CCC)c1-c1cnn(-c2cccc(Oc3ccc4c5ccccc5n(-c5cc(C)ccn5)c4c3)c2)c1. The molecule has 7 aromatic rings. The molecule has 2 atom stereocenters. The molecule has 5 nitrogen and oxygen atoms in total. The highest BCUT2D eigenvalue weighted by Crippen LogP contribution is 2.39. The molecular formula is C43H44N4O. The van der Waals surface area contributed by atoms with Gasteiger partial charge in [0.1, 0.15) is 17.3 Å². The Bertz CT molecular complexity index is 2180. The molecule has 48 heavy (non-hydrogen) atoms.